The zero-order chi connectivity index (χ0) is 18.5. The Morgan fingerprint density at radius 3 is 2.25 bits per heavy atom. The minimum absolute atomic E-state index is 0.0891. The van der Waals surface area contributed by atoms with Gasteiger partial charge in [-0.1, -0.05) is 0 Å². The van der Waals surface area contributed by atoms with Gasteiger partial charge in [0.05, 0.1) is 11.4 Å². The summed E-state index contributed by atoms with van der Waals surface area (Å²) >= 11 is 0. The van der Waals surface area contributed by atoms with Gasteiger partial charge < -0.3 is 25.8 Å². The van der Waals surface area contributed by atoms with Gasteiger partial charge in [-0.2, -0.15) is 0 Å². The van der Waals surface area contributed by atoms with Gasteiger partial charge in [-0.3, -0.25) is 14.4 Å². The molecule has 1 aliphatic carbocycles. The van der Waals surface area contributed by atoms with Crippen LogP contribution in [0.5, 0.6) is 0 Å². The van der Waals surface area contributed by atoms with Gasteiger partial charge in [0.25, 0.3) is 0 Å². The average molecular weight is 339 g/mol. The van der Waals surface area contributed by atoms with Crippen LogP contribution in [0.3, 0.4) is 0 Å². The van der Waals surface area contributed by atoms with Crippen molar-refractivity contribution in [3.63, 3.8) is 0 Å². The summed E-state index contributed by atoms with van der Waals surface area (Å²) in [5.74, 6) is -0.323. The molecule has 0 aromatic carbocycles. The number of nitrogens with zero attached hydrogens (tertiary/aromatic N) is 1. The van der Waals surface area contributed by atoms with E-state index in [9.17, 15) is 9.59 Å². The smallest absolute Gasteiger partial charge is 0.207 e. The number of rotatable bonds is 1. The number of carbonyl (C=O) groups excluding carboxylic acids is 3. The van der Waals surface area contributed by atoms with E-state index in [0.717, 1.165) is 19.4 Å². The minimum Gasteiger partial charge on any atom is -0.395 e. The molecular weight excluding hydrogens is 314 g/mol. The van der Waals surface area contributed by atoms with Crippen molar-refractivity contribution in [1.82, 2.24) is 4.90 Å². The molecule has 1 saturated heterocycles. The maximum atomic E-state index is 12.3. The number of allylic oxidation sites excluding steroid dienone is 2. The van der Waals surface area contributed by atoms with Crippen molar-refractivity contribution in [2.24, 2.45) is 11.5 Å². The topological polar surface area (TPSA) is 125 Å². The Bertz CT molecular complexity index is 597. The Morgan fingerprint density at radius 1 is 1.21 bits per heavy atom. The van der Waals surface area contributed by atoms with Gasteiger partial charge >= 0.3 is 0 Å². The molecule has 4 N–H and O–H groups in total. The average Bonchev–Trinajstić information content (AvgIpc) is 3.09. The molecule has 3 aliphatic rings. The van der Waals surface area contributed by atoms with Crippen molar-refractivity contribution < 1.29 is 23.9 Å². The zero-order valence-corrected chi connectivity index (χ0v) is 14.5. The molecule has 3 rings (SSSR count). The van der Waals surface area contributed by atoms with Crippen LogP contribution >= 0.6 is 0 Å². The molecule has 0 spiro atoms. The number of ketones is 2. The van der Waals surface area contributed by atoms with Crippen LogP contribution in [0.1, 0.15) is 26.2 Å². The molecule has 0 bridgehead atoms. The van der Waals surface area contributed by atoms with Crippen LogP contribution in [0.2, 0.25) is 0 Å². The second-order valence-corrected chi connectivity index (χ2v) is 5.65. The summed E-state index contributed by atoms with van der Waals surface area (Å²) in [5.41, 5.74) is 10.9. The predicted molar refractivity (Wildman–Crippen MR) is 87.4 cm³/mol. The van der Waals surface area contributed by atoms with Crippen molar-refractivity contribution >= 4 is 18.0 Å². The normalized spacial score (nSPS) is 24.8. The number of carbonyl (C=O) groups is 3. The molecule has 1 amide bonds. The fraction of sp³-hybridized carbons (Fsp3) is 0.562. The van der Waals surface area contributed by atoms with E-state index in [2.05, 4.69) is 10.5 Å². The van der Waals surface area contributed by atoms with Gasteiger partial charge in [0.15, 0.2) is 0 Å². The second kappa shape index (κ2) is 8.07. The standard InChI is InChI=1S/C13H16N2O3.C2H6O.CH3NO/c1-7-9(14)12(17)8-6-13(18-2)4-3-5-15(13)10(8)11(7)16;1-3-2;2-1-3/h3-6,14H2,1-2H3;1-2H3;1H,(H2,2,3). The summed E-state index contributed by atoms with van der Waals surface area (Å²) in [6.07, 6.45) is 2.54. The number of Topliss-reactive ketones (excluding diaryl/α,β-unsaturated/α-hetero) is 2. The van der Waals surface area contributed by atoms with E-state index in [4.69, 9.17) is 15.3 Å². The Morgan fingerprint density at radius 2 is 1.75 bits per heavy atom. The first-order chi connectivity index (χ1) is 11.3. The van der Waals surface area contributed by atoms with Gasteiger partial charge in [0.2, 0.25) is 18.0 Å². The highest BCUT2D eigenvalue weighted by atomic mass is 16.5. The molecule has 1 atom stereocenters. The molecule has 1 fully saturated rings. The molecule has 134 valence electrons. The lowest BCUT2D eigenvalue weighted by Crippen LogP contribution is -2.42. The first kappa shape index (κ1) is 19.9. The molecule has 0 aromatic heterocycles. The monoisotopic (exact) mass is 339 g/mol. The highest BCUT2D eigenvalue weighted by Crippen LogP contribution is 2.47. The Labute approximate surface area is 141 Å². The third-order valence-electron chi connectivity index (χ3n) is 4.31. The van der Waals surface area contributed by atoms with Gasteiger partial charge in [-0.15, -0.1) is 0 Å². The lowest BCUT2D eigenvalue weighted by Gasteiger charge is -2.33. The number of hydrogen-bond acceptors (Lipinski definition) is 7. The van der Waals surface area contributed by atoms with Crippen molar-refractivity contribution in [2.45, 2.75) is 31.9 Å². The van der Waals surface area contributed by atoms with Crippen molar-refractivity contribution in [2.75, 3.05) is 27.9 Å². The lowest BCUT2D eigenvalue weighted by molar-refractivity contribution is -0.119. The van der Waals surface area contributed by atoms with E-state index in [0.29, 0.717) is 23.3 Å². The summed E-state index contributed by atoms with van der Waals surface area (Å²) in [5, 5.41) is 0. The molecule has 8 heteroatoms. The van der Waals surface area contributed by atoms with Gasteiger partial charge in [0.1, 0.15) is 5.72 Å². The molecule has 0 aromatic rings. The molecule has 2 aliphatic heterocycles. The third kappa shape index (κ3) is 3.20. The van der Waals surface area contributed by atoms with Gasteiger partial charge in [0, 0.05) is 45.4 Å². The van der Waals surface area contributed by atoms with Crippen molar-refractivity contribution in [3.05, 3.63) is 22.5 Å². The molecule has 0 saturated carbocycles. The van der Waals surface area contributed by atoms with Crippen LogP contribution in [0.15, 0.2) is 22.5 Å². The fourth-order valence-electron chi connectivity index (χ4n) is 3.24. The molecule has 0 radical (unpaired) electrons. The number of nitrogens with two attached hydrogens (primary N) is 2. The van der Waals surface area contributed by atoms with Gasteiger partial charge in [-0.25, -0.2) is 0 Å². The minimum atomic E-state index is -0.499. The lowest BCUT2D eigenvalue weighted by atomic mass is 9.90. The Hall–Kier alpha value is -2.19. The number of fused-ring (bicyclic) bond motifs is 2. The molecule has 24 heavy (non-hydrogen) atoms. The fourth-order valence-corrected chi connectivity index (χ4v) is 3.24. The zero-order valence-electron chi connectivity index (χ0n) is 14.5. The highest BCUT2D eigenvalue weighted by molar-refractivity contribution is 6.25. The van der Waals surface area contributed by atoms with Crippen LogP contribution < -0.4 is 11.5 Å². The number of primary amides is 1. The van der Waals surface area contributed by atoms with Crippen molar-refractivity contribution in [1.29, 1.82) is 0 Å². The Balaban J connectivity index is 0.000000423. The number of amides is 1. The summed E-state index contributed by atoms with van der Waals surface area (Å²) in [4.78, 5) is 35.0. The van der Waals surface area contributed by atoms with E-state index in [1.807, 2.05) is 4.90 Å². The van der Waals surface area contributed by atoms with Gasteiger partial charge in [-0.05, 0) is 19.8 Å². The molecule has 1 unspecified atom stereocenters. The summed E-state index contributed by atoms with van der Waals surface area (Å²) in [7, 11) is 4.88. The van der Waals surface area contributed by atoms with E-state index in [-0.39, 0.29) is 23.7 Å². The number of methoxy groups -OCH3 is 2. The maximum absolute atomic E-state index is 12.3. The maximum Gasteiger partial charge on any atom is 0.207 e. The van der Waals surface area contributed by atoms with Crippen LogP contribution in [0.25, 0.3) is 0 Å². The summed E-state index contributed by atoms with van der Waals surface area (Å²) < 4.78 is 9.85. The van der Waals surface area contributed by atoms with Crippen LogP contribution in [0, 0.1) is 0 Å². The first-order valence-corrected chi connectivity index (χ1v) is 7.52. The largest absolute Gasteiger partial charge is 0.395 e. The van der Waals surface area contributed by atoms with Crippen LogP contribution in [-0.4, -0.2) is 56.5 Å². The number of hydrogen-bond donors (Lipinski definition) is 2. The second-order valence-electron chi connectivity index (χ2n) is 5.65. The third-order valence-corrected chi connectivity index (χ3v) is 4.31. The van der Waals surface area contributed by atoms with E-state index in [1.165, 1.54) is 0 Å². The Kier molecular flexibility index (Phi) is 6.68. The highest BCUT2D eigenvalue weighted by Gasteiger charge is 2.53. The first-order valence-electron chi connectivity index (χ1n) is 7.52. The van der Waals surface area contributed by atoms with Crippen LogP contribution in [-0.2, 0) is 23.9 Å². The quantitative estimate of drug-likeness (QED) is 0.502. The molecule has 8 nitrogen and oxygen atoms in total. The summed E-state index contributed by atoms with van der Waals surface area (Å²) in [6, 6.07) is 0. The van der Waals surface area contributed by atoms with E-state index >= 15 is 0 Å². The van der Waals surface area contributed by atoms with E-state index < -0.39 is 5.72 Å². The SMILES string of the molecule is COC.COC12CCCN1C1=C(C2)C(=O)C(N)=C(C)C1=O.NC=O. The molecular formula is C16H25N3O5. The number of ether oxygens (including phenoxy) is 2. The van der Waals surface area contributed by atoms with Crippen molar-refractivity contribution in [3.8, 4) is 0 Å². The molecule has 2 heterocycles. The summed E-state index contributed by atoms with van der Waals surface area (Å²) in [6.45, 7) is 2.38. The predicted octanol–water partition coefficient (Wildman–Crippen LogP) is -0.169. The van der Waals surface area contributed by atoms with Crippen LogP contribution in [0.4, 0.5) is 0 Å². The van der Waals surface area contributed by atoms with E-state index in [1.54, 1.807) is 28.3 Å².